The van der Waals surface area contributed by atoms with Crippen LogP contribution in [0.1, 0.15) is 17.0 Å². The van der Waals surface area contributed by atoms with Gasteiger partial charge in [-0.2, -0.15) is 0 Å². The fourth-order valence-corrected chi connectivity index (χ4v) is 2.38. The van der Waals surface area contributed by atoms with Crippen LogP contribution in [-0.4, -0.2) is 4.98 Å². The molecule has 2 aromatic carbocycles. The van der Waals surface area contributed by atoms with Gasteiger partial charge in [0.1, 0.15) is 5.52 Å². The van der Waals surface area contributed by atoms with Gasteiger partial charge in [-0.1, -0.05) is 40.2 Å². The Morgan fingerprint density at radius 3 is 2.83 bits per heavy atom. The Morgan fingerprint density at radius 1 is 1.17 bits per heavy atom. The van der Waals surface area contributed by atoms with Crippen LogP contribution in [0.4, 0.5) is 0 Å². The van der Waals surface area contributed by atoms with Gasteiger partial charge in [-0.3, -0.25) is 0 Å². The van der Waals surface area contributed by atoms with Crippen LogP contribution in [0, 0.1) is 6.92 Å². The van der Waals surface area contributed by atoms with E-state index in [-0.39, 0.29) is 0 Å². The number of halogens is 1. The van der Waals surface area contributed by atoms with Crippen molar-refractivity contribution >= 4 is 27.0 Å². The monoisotopic (exact) mass is 301 g/mol. The highest BCUT2D eigenvalue weighted by molar-refractivity contribution is 9.10. The topological polar surface area (TPSA) is 26.0 Å². The second-order valence-electron chi connectivity index (χ2n) is 4.35. The van der Waals surface area contributed by atoms with E-state index in [1.165, 1.54) is 11.1 Å². The fourth-order valence-electron chi connectivity index (χ4n) is 1.96. The minimum absolute atomic E-state index is 0.704. The van der Waals surface area contributed by atoms with E-state index in [2.05, 4.69) is 33.9 Å². The molecule has 0 saturated carbocycles. The largest absolute Gasteiger partial charge is 0.440 e. The Balaban J connectivity index is 1.98. The summed E-state index contributed by atoms with van der Waals surface area (Å²) in [4.78, 5) is 4.50. The van der Waals surface area contributed by atoms with Crippen molar-refractivity contribution in [3.05, 3.63) is 64.0 Å². The molecule has 0 aliphatic carbocycles. The van der Waals surface area contributed by atoms with Crippen molar-refractivity contribution in [3.63, 3.8) is 0 Å². The summed E-state index contributed by atoms with van der Waals surface area (Å²) < 4.78 is 6.86. The van der Waals surface area contributed by atoms with Gasteiger partial charge in [0.25, 0.3) is 0 Å². The highest BCUT2D eigenvalue weighted by Crippen LogP contribution is 2.22. The molecule has 0 aliphatic heterocycles. The van der Waals surface area contributed by atoms with Crippen molar-refractivity contribution in [2.75, 3.05) is 0 Å². The van der Waals surface area contributed by atoms with Gasteiger partial charge in [0.2, 0.25) is 0 Å². The molecule has 0 bridgehead atoms. The summed E-state index contributed by atoms with van der Waals surface area (Å²) in [5.74, 6) is 0.752. The molecule has 0 atom stereocenters. The van der Waals surface area contributed by atoms with Crippen LogP contribution in [0.2, 0.25) is 0 Å². The normalized spacial score (nSPS) is 11.0. The molecule has 1 aromatic heterocycles. The average Bonchev–Trinajstić information content (AvgIpc) is 2.73. The molecule has 0 amide bonds. The fraction of sp³-hybridized carbons (Fsp3) is 0.133. The zero-order valence-corrected chi connectivity index (χ0v) is 11.6. The van der Waals surface area contributed by atoms with E-state index in [1.54, 1.807) is 0 Å². The third-order valence-corrected chi connectivity index (χ3v) is 3.66. The maximum absolute atomic E-state index is 5.78. The standard InChI is InChI=1S/C15H12BrNO/c1-10-6-7-13-14(8-10)18-15(17-13)9-11-4-2-3-5-12(11)16/h2-8H,9H2,1H3. The molecule has 0 aliphatic rings. The highest BCUT2D eigenvalue weighted by Gasteiger charge is 2.08. The molecule has 0 unspecified atom stereocenters. The lowest BCUT2D eigenvalue weighted by Gasteiger charge is -1.99. The summed E-state index contributed by atoms with van der Waals surface area (Å²) in [7, 11) is 0. The zero-order chi connectivity index (χ0) is 12.5. The van der Waals surface area contributed by atoms with Crippen LogP contribution >= 0.6 is 15.9 Å². The quantitative estimate of drug-likeness (QED) is 0.697. The van der Waals surface area contributed by atoms with E-state index in [0.717, 1.165) is 21.5 Å². The third kappa shape index (κ3) is 2.18. The molecular weight excluding hydrogens is 290 g/mol. The summed E-state index contributed by atoms with van der Waals surface area (Å²) in [5.41, 5.74) is 4.14. The summed E-state index contributed by atoms with van der Waals surface area (Å²) in [6, 6.07) is 14.2. The number of nitrogens with zero attached hydrogens (tertiary/aromatic N) is 1. The van der Waals surface area contributed by atoms with E-state index in [0.29, 0.717) is 6.42 Å². The number of aryl methyl sites for hydroxylation is 1. The van der Waals surface area contributed by atoms with Gasteiger partial charge in [0.15, 0.2) is 11.5 Å². The first-order valence-corrected chi connectivity index (χ1v) is 6.61. The van der Waals surface area contributed by atoms with Crippen LogP contribution in [0.15, 0.2) is 51.4 Å². The van der Waals surface area contributed by atoms with Gasteiger partial charge in [0.05, 0.1) is 6.42 Å². The number of benzene rings is 2. The summed E-state index contributed by atoms with van der Waals surface area (Å²) in [5, 5.41) is 0. The van der Waals surface area contributed by atoms with Gasteiger partial charge in [-0.05, 0) is 36.2 Å². The van der Waals surface area contributed by atoms with Gasteiger partial charge in [-0.25, -0.2) is 4.98 Å². The van der Waals surface area contributed by atoms with Crippen LogP contribution in [0.5, 0.6) is 0 Å². The SMILES string of the molecule is Cc1ccc2nc(Cc3ccccc3Br)oc2c1. The van der Waals surface area contributed by atoms with E-state index < -0.39 is 0 Å². The molecule has 3 heteroatoms. The number of fused-ring (bicyclic) bond motifs is 1. The Bertz CT molecular complexity index is 703. The maximum atomic E-state index is 5.78. The molecule has 3 rings (SSSR count). The summed E-state index contributed by atoms with van der Waals surface area (Å²) in [6.45, 7) is 2.05. The van der Waals surface area contributed by atoms with Gasteiger partial charge in [0, 0.05) is 4.47 Å². The van der Waals surface area contributed by atoms with Gasteiger partial charge in [-0.15, -0.1) is 0 Å². The maximum Gasteiger partial charge on any atom is 0.199 e. The average molecular weight is 302 g/mol. The first kappa shape index (κ1) is 11.5. The van der Waals surface area contributed by atoms with Crippen molar-refractivity contribution in [1.82, 2.24) is 4.98 Å². The van der Waals surface area contributed by atoms with Crippen molar-refractivity contribution in [2.45, 2.75) is 13.3 Å². The predicted molar refractivity (Wildman–Crippen MR) is 75.7 cm³/mol. The van der Waals surface area contributed by atoms with Crippen molar-refractivity contribution < 1.29 is 4.42 Å². The van der Waals surface area contributed by atoms with Crippen LogP contribution in [0.25, 0.3) is 11.1 Å². The second-order valence-corrected chi connectivity index (χ2v) is 5.20. The molecule has 90 valence electrons. The smallest absolute Gasteiger partial charge is 0.199 e. The molecule has 0 radical (unpaired) electrons. The van der Waals surface area contributed by atoms with E-state index in [4.69, 9.17) is 4.42 Å². The predicted octanol–water partition coefficient (Wildman–Crippen LogP) is 4.49. The van der Waals surface area contributed by atoms with Gasteiger partial charge < -0.3 is 4.42 Å². The number of oxazole rings is 1. The Morgan fingerprint density at radius 2 is 2.00 bits per heavy atom. The number of hydrogen-bond acceptors (Lipinski definition) is 2. The number of aromatic nitrogens is 1. The van der Waals surface area contributed by atoms with Crippen molar-refractivity contribution in [1.29, 1.82) is 0 Å². The molecule has 0 spiro atoms. The first-order chi connectivity index (χ1) is 8.72. The van der Waals surface area contributed by atoms with E-state index in [1.807, 2.05) is 36.4 Å². The molecule has 0 fully saturated rings. The highest BCUT2D eigenvalue weighted by atomic mass is 79.9. The molecule has 2 nitrogen and oxygen atoms in total. The first-order valence-electron chi connectivity index (χ1n) is 5.82. The van der Waals surface area contributed by atoms with Crippen LogP contribution in [-0.2, 0) is 6.42 Å². The Kier molecular flexibility index (Phi) is 2.92. The lowest BCUT2D eigenvalue weighted by Crippen LogP contribution is -1.88. The molecule has 1 heterocycles. The lowest BCUT2D eigenvalue weighted by molar-refractivity contribution is 0.543. The second kappa shape index (κ2) is 4.58. The lowest BCUT2D eigenvalue weighted by atomic mass is 10.1. The number of hydrogen-bond donors (Lipinski definition) is 0. The Hall–Kier alpha value is -1.61. The summed E-state index contributed by atoms with van der Waals surface area (Å²) >= 11 is 3.54. The van der Waals surface area contributed by atoms with E-state index >= 15 is 0 Å². The molecular formula is C15H12BrNO. The Labute approximate surface area is 114 Å². The molecule has 3 aromatic rings. The minimum atomic E-state index is 0.704. The van der Waals surface area contributed by atoms with Crippen LogP contribution in [0.3, 0.4) is 0 Å². The molecule has 18 heavy (non-hydrogen) atoms. The minimum Gasteiger partial charge on any atom is -0.440 e. The number of rotatable bonds is 2. The van der Waals surface area contributed by atoms with Gasteiger partial charge >= 0.3 is 0 Å². The summed E-state index contributed by atoms with van der Waals surface area (Å²) in [6.07, 6.45) is 0.704. The van der Waals surface area contributed by atoms with Crippen LogP contribution < -0.4 is 0 Å². The third-order valence-electron chi connectivity index (χ3n) is 2.89. The van der Waals surface area contributed by atoms with Crippen molar-refractivity contribution in [2.24, 2.45) is 0 Å². The van der Waals surface area contributed by atoms with E-state index in [9.17, 15) is 0 Å². The zero-order valence-electron chi connectivity index (χ0n) is 9.98. The molecule has 0 saturated heterocycles. The molecule has 0 N–H and O–H groups in total. The van der Waals surface area contributed by atoms with Crippen molar-refractivity contribution in [3.8, 4) is 0 Å².